The Balaban J connectivity index is 1.55. The summed E-state index contributed by atoms with van der Waals surface area (Å²) in [6.07, 6.45) is 4.41. The fourth-order valence-electron chi connectivity index (χ4n) is 4.67. The number of amides is 2. The molecule has 168 valence electrons. The van der Waals surface area contributed by atoms with E-state index in [0.29, 0.717) is 10.5 Å². The first kappa shape index (κ1) is 22.2. The standard InChI is InChI=1S/C23H27F3N2O2S/c24-23(25,26)17-10-8-16(9-11-17)14-20-22(30)28(18-6-2-3-7-19(18)31-20)15-21(29)27-12-4-1-5-13-27/h8-11,14,18-19H,1-7,12-13,15H2/b20-14+. The van der Waals surface area contributed by atoms with E-state index in [1.54, 1.807) is 11.0 Å². The van der Waals surface area contributed by atoms with E-state index in [1.807, 2.05) is 4.90 Å². The minimum atomic E-state index is -4.39. The number of carbonyl (C=O) groups excluding carboxylic acids is 2. The molecule has 1 saturated carbocycles. The van der Waals surface area contributed by atoms with E-state index in [0.717, 1.165) is 70.2 Å². The van der Waals surface area contributed by atoms with Gasteiger partial charge in [0.05, 0.1) is 10.5 Å². The second kappa shape index (κ2) is 9.27. The van der Waals surface area contributed by atoms with Crippen LogP contribution in [0, 0.1) is 0 Å². The van der Waals surface area contributed by atoms with E-state index >= 15 is 0 Å². The highest BCUT2D eigenvalue weighted by molar-refractivity contribution is 8.04. The van der Waals surface area contributed by atoms with Crippen molar-refractivity contribution in [3.05, 3.63) is 40.3 Å². The molecule has 1 aromatic carbocycles. The van der Waals surface area contributed by atoms with E-state index in [4.69, 9.17) is 0 Å². The number of hydrogen-bond donors (Lipinski definition) is 0. The Kier molecular flexibility index (Phi) is 6.65. The van der Waals surface area contributed by atoms with Crippen LogP contribution in [-0.2, 0) is 15.8 Å². The lowest BCUT2D eigenvalue weighted by molar-refractivity contribution is -0.141. The number of benzene rings is 1. The fourth-order valence-corrected chi connectivity index (χ4v) is 6.14. The number of thioether (sulfide) groups is 1. The molecule has 0 spiro atoms. The zero-order valence-electron chi connectivity index (χ0n) is 17.4. The highest BCUT2D eigenvalue weighted by Gasteiger charge is 2.41. The molecule has 8 heteroatoms. The summed E-state index contributed by atoms with van der Waals surface area (Å²) in [6.45, 7) is 1.58. The molecule has 0 bridgehead atoms. The predicted octanol–water partition coefficient (Wildman–Crippen LogP) is 4.95. The number of fused-ring (bicyclic) bond motifs is 1. The van der Waals surface area contributed by atoms with Crippen LogP contribution in [0.5, 0.6) is 0 Å². The van der Waals surface area contributed by atoms with Gasteiger partial charge in [-0.2, -0.15) is 13.2 Å². The average Bonchev–Trinajstić information content (AvgIpc) is 2.77. The van der Waals surface area contributed by atoms with Gasteiger partial charge in [-0.25, -0.2) is 0 Å². The Hall–Kier alpha value is -1.96. The van der Waals surface area contributed by atoms with Gasteiger partial charge in [0.15, 0.2) is 0 Å². The summed E-state index contributed by atoms with van der Waals surface area (Å²) in [7, 11) is 0. The van der Waals surface area contributed by atoms with Gasteiger partial charge in [0.25, 0.3) is 5.91 Å². The minimum Gasteiger partial charge on any atom is -0.341 e. The highest BCUT2D eigenvalue weighted by Crippen LogP contribution is 2.42. The van der Waals surface area contributed by atoms with Crippen molar-refractivity contribution < 1.29 is 22.8 Å². The number of piperidine rings is 1. The van der Waals surface area contributed by atoms with E-state index in [9.17, 15) is 22.8 Å². The largest absolute Gasteiger partial charge is 0.416 e. The molecule has 2 amide bonds. The van der Waals surface area contributed by atoms with Crippen molar-refractivity contribution in [1.29, 1.82) is 0 Å². The van der Waals surface area contributed by atoms with Gasteiger partial charge in [-0.3, -0.25) is 9.59 Å². The number of hydrogen-bond acceptors (Lipinski definition) is 3. The maximum absolute atomic E-state index is 13.3. The monoisotopic (exact) mass is 452 g/mol. The van der Waals surface area contributed by atoms with Gasteiger partial charge in [0.2, 0.25) is 5.91 Å². The van der Waals surface area contributed by atoms with Crippen molar-refractivity contribution in [2.45, 2.75) is 62.4 Å². The van der Waals surface area contributed by atoms with Crippen LogP contribution in [0.1, 0.15) is 56.1 Å². The van der Waals surface area contributed by atoms with Crippen molar-refractivity contribution in [3.63, 3.8) is 0 Å². The number of likely N-dealkylation sites (tertiary alicyclic amines) is 1. The fraction of sp³-hybridized carbons (Fsp3) is 0.565. The molecule has 2 atom stereocenters. The SMILES string of the molecule is O=C(CN1C(=O)/C(=C\c2ccc(C(F)(F)F)cc2)SC2CCCCC21)N1CCCCC1. The normalized spacial score (nSPS) is 26.2. The average molecular weight is 453 g/mol. The summed E-state index contributed by atoms with van der Waals surface area (Å²) in [5.74, 6) is -0.184. The minimum absolute atomic E-state index is 0.00171. The van der Waals surface area contributed by atoms with Crippen molar-refractivity contribution in [3.8, 4) is 0 Å². The summed E-state index contributed by atoms with van der Waals surface area (Å²) in [5, 5.41) is 0.223. The van der Waals surface area contributed by atoms with Crippen LogP contribution in [0.3, 0.4) is 0 Å². The number of carbonyl (C=O) groups is 2. The van der Waals surface area contributed by atoms with E-state index in [-0.39, 0.29) is 29.7 Å². The molecule has 2 unspecified atom stereocenters. The Morgan fingerprint density at radius 3 is 2.39 bits per heavy atom. The van der Waals surface area contributed by atoms with Gasteiger partial charge < -0.3 is 9.80 Å². The van der Waals surface area contributed by atoms with Crippen LogP contribution >= 0.6 is 11.8 Å². The Bertz CT molecular complexity index is 847. The molecule has 2 saturated heterocycles. The van der Waals surface area contributed by atoms with Gasteiger partial charge in [-0.05, 0) is 55.9 Å². The van der Waals surface area contributed by atoms with Crippen LogP contribution in [-0.4, -0.2) is 52.5 Å². The van der Waals surface area contributed by atoms with E-state index in [1.165, 1.54) is 23.9 Å². The third kappa shape index (κ3) is 5.10. The molecule has 3 aliphatic rings. The molecule has 0 N–H and O–H groups in total. The third-order valence-corrected chi connectivity index (χ3v) is 7.77. The number of nitrogens with zero attached hydrogens (tertiary/aromatic N) is 2. The molecule has 2 aliphatic heterocycles. The summed E-state index contributed by atoms with van der Waals surface area (Å²) in [6, 6.07) is 4.89. The second-order valence-corrected chi connectivity index (χ2v) is 9.79. The predicted molar refractivity (Wildman–Crippen MR) is 115 cm³/mol. The zero-order chi connectivity index (χ0) is 22.0. The molecule has 31 heavy (non-hydrogen) atoms. The smallest absolute Gasteiger partial charge is 0.341 e. The van der Waals surface area contributed by atoms with Gasteiger partial charge >= 0.3 is 6.18 Å². The maximum Gasteiger partial charge on any atom is 0.416 e. The maximum atomic E-state index is 13.3. The first-order chi connectivity index (χ1) is 14.8. The van der Waals surface area contributed by atoms with Crippen molar-refractivity contribution in [2.75, 3.05) is 19.6 Å². The molecule has 0 aromatic heterocycles. The number of halogens is 3. The van der Waals surface area contributed by atoms with Gasteiger partial charge in [-0.15, -0.1) is 11.8 Å². The number of rotatable bonds is 3. The Labute approximate surface area is 184 Å². The Morgan fingerprint density at radius 2 is 1.71 bits per heavy atom. The van der Waals surface area contributed by atoms with Gasteiger partial charge in [0.1, 0.15) is 6.54 Å². The van der Waals surface area contributed by atoms with E-state index < -0.39 is 11.7 Å². The molecule has 1 aliphatic carbocycles. The van der Waals surface area contributed by atoms with Crippen LogP contribution in [0.25, 0.3) is 6.08 Å². The van der Waals surface area contributed by atoms with Crippen LogP contribution in [0.2, 0.25) is 0 Å². The van der Waals surface area contributed by atoms with Crippen LogP contribution in [0.4, 0.5) is 13.2 Å². The van der Waals surface area contributed by atoms with E-state index in [2.05, 4.69) is 0 Å². The molecule has 3 fully saturated rings. The molecule has 2 heterocycles. The zero-order valence-corrected chi connectivity index (χ0v) is 18.2. The summed E-state index contributed by atoms with van der Waals surface area (Å²) in [5.41, 5.74) is -0.154. The molecule has 0 radical (unpaired) electrons. The molecular formula is C23H27F3N2O2S. The first-order valence-electron chi connectivity index (χ1n) is 11.0. The van der Waals surface area contributed by atoms with Crippen molar-refractivity contribution in [2.24, 2.45) is 0 Å². The topological polar surface area (TPSA) is 40.6 Å². The lowest BCUT2D eigenvalue weighted by Crippen LogP contribution is -2.55. The summed E-state index contributed by atoms with van der Waals surface area (Å²) in [4.78, 5) is 30.3. The summed E-state index contributed by atoms with van der Waals surface area (Å²) >= 11 is 1.52. The van der Waals surface area contributed by atoms with Crippen LogP contribution in [0.15, 0.2) is 29.2 Å². The summed E-state index contributed by atoms with van der Waals surface area (Å²) < 4.78 is 38.5. The van der Waals surface area contributed by atoms with Gasteiger partial charge in [0, 0.05) is 24.4 Å². The van der Waals surface area contributed by atoms with Gasteiger partial charge in [-0.1, -0.05) is 25.0 Å². The van der Waals surface area contributed by atoms with Crippen molar-refractivity contribution in [1.82, 2.24) is 9.80 Å². The van der Waals surface area contributed by atoms with Crippen molar-refractivity contribution >= 4 is 29.7 Å². The number of alkyl halides is 3. The Morgan fingerprint density at radius 1 is 1.03 bits per heavy atom. The lowest BCUT2D eigenvalue weighted by atomic mass is 9.93. The molecule has 4 nitrogen and oxygen atoms in total. The molecule has 4 rings (SSSR count). The molecular weight excluding hydrogens is 425 g/mol. The third-order valence-electron chi connectivity index (χ3n) is 6.37. The highest BCUT2D eigenvalue weighted by atomic mass is 32.2. The quantitative estimate of drug-likeness (QED) is 0.610. The molecule has 1 aromatic rings. The second-order valence-electron chi connectivity index (χ2n) is 8.51. The first-order valence-corrected chi connectivity index (χ1v) is 11.9. The van der Waals surface area contributed by atoms with Crippen LogP contribution < -0.4 is 0 Å². The lowest BCUT2D eigenvalue weighted by Gasteiger charge is -2.44.